The van der Waals surface area contributed by atoms with Crippen molar-refractivity contribution < 1.29 is 9.59 Å². The molecule has 2 N–H and O–H groups in total. The molecule has 0 aliphatic carbocycles. The van der Waals surface area contributed by atoms with E-state index in [-0.39, 0.29) is 11.8 Å². The molecule has 0 aliphatic heterocycles. The van der Waals surface area contributed by atoms with Crippen LogP contribution in [0, 0.1) is 5.41 Å². The van der Waals surface area contributed by atoms with Crippen molar-refractivity contribution in [1.82, 2.24) is 5.32 Å². The maximum Gasteiger partial charge on any atom is 0.229 e. The van der Waals surface area contributed by atoms with Gasteiger partial charge in [-0.25, -0.2) is 0 Å². The molecular formula is C18H22N2O2S. The molecular weight excluding hydrogens is 308 g/mol. The molecule has 0 bridgehead atoms. The van der Waals surface area contributed by atoms with Gasteiger partial charge in [-0.2, -0.15) is 0 Å². The minimum absolute atomic E-state index is 0.00937. The summed E-state index contributed by atoms with van der Waals surface area (Å²) >= 11 is 1.63. The molecule has 1 heterocycles. The molecule has 0 saturated heterocycles. The molecule has 2 amide bonds. The van der Waals surface area contributed by atoms with Crippen molar-refractivity contribution in [2.45, 2.75) is 33.7 Å². The van der Waals surface area contributed by atoms with Crippen molar-refractivity contribution in [1.29, 1.82) is 0 Å². The Kier molecular flexibility index (Phi) is 5.55. The first kappa shape index (κ1) is 17.2. The first-order valence-electron chi connectivity index (χ1n) is 7.54. The molecule has 0 fully saturated rings. The molecule has 122 valence electrons. The van der Waals surface area contributed by atoms with E-state index in [0.29, 0.717) is 13.0 Å². The lowest BCUT2D eigenvalue weighted by atomic mass is 9.95. The number of nitrogens with one attached hydrogen (secondary N) is 2. The van der Waals surface area contributed by atoms with Crippen molar-refractivity contribution in [3.8, 4) is 0 Å². The van der Waals surface area contributed by atoms with E-state index in [1.807, 2.05) is 62.5 Å². The summed E-state index contributed by atoms with van der Waals surface area (Å²) in [5, 5.41) is 7.76. The third-order valence-electron chi connectivity index (χ3n) is 3.30. The van der Waals surface area contributed by atoms with Crippen molar-refractivity contribution in [2.24, 2.45) is 5.41 Å². The van der Waals surface area contributed by atoms with Crippen LogP contribution in [-0.2, 0) is 22.6 Å². The van der Waals surface area contributed by atoms with Crippen LogP contribution in [-0.4, -0.2) is 11.8 Å². The molecule has 4 nitrogen and oxygen atoms in total. The summed E-state index contributed by atoms with van der Waals surface area (Å²) in [7, 11) is 0. The van der Waals surface area contributed by atoms with Crippen LogP contribution in [0.3, 0.4) is 0 Å². The van der Waals surface area contributed by atoms with Crippen LogP contribution in [0.2, 0.25) is 0 Å². The fourth-order valence-corrected chi connectivity index (χ4v) is 2.52. The largest absolute Gasteiger partial charge is 0.351 e. The highest BCUT2D eigenvalue weighted by molar-refractivity contribution is 7.09. The average Bonchev–Trinajstić information content (AvgIpc) is 2.99. The van der Waals surface area contributed by atoms with Crippen molar-refractivity contribution in [2.75, 3.05) is 5.32 Å². The molecule has 0 saturated carbocycles. The van der Waals surface area contributed by atoms with Gasteiger partial charge >= 0.3 is 0 Å². The first-order chi connectivity index (χ1) is 10.8. The van der Waals surface area contributed by atoms with E-state index < -0.39 is 5.41 Å². The van der Waals surface area contributed by atoms with Gasteiger partial charge in [-0.15, -0.1) is 11.3 Å². The number of anilines is 1. The highest BCUT2D eigenvalue weighted by atomic mass is 32.1. The molecule has 23 heavy (non-hydrogen) atoms. The highest BCUT2D eigenvalue weighted by Crippen LogP contribution is 2.18. The van der Waals surface area contributed by atoms with E-state index in [4.69, 9.17) is 0 Å². The van der Waals surface area contributed by atoms with E-state index in [2.05, 4.69) is 10.6 Å². The Labute approximate surface area is 140 Å². The summed E-state index contributed by atoms with van der Waals surface area (Å²) < 4.78 is 0. The normalized spacial score (nSPS) is 11.1. The third-order valence-corrected chi connectivity index (χ3v) is 4.17. The molecule has 0 aliphatic rings. The van der Waals surface area contributed by atoms with Gasteiger partial charge in [-0.05, 0) is 29.1 Å². The zero-order valence-corrected chi connectivity index (χ0v) is 14.5. The summed E-state index contributed by atoms with van der Waals surface area (Å²) in [6.45, 7) is 6.17. The van der Waals surface area contributed by atoms with Gasteiger partial charge < -0.3 is 10.6 Å². The van der Waals surface area contributed by atoms with Crippen LogP contribution in [0.4, 0.5) is 5.69 Å². The zero-order valence-electron chi connectivity index (χ0n) is 13.7. The van der Waals surface area contributed by atoms with Gasteiger partial charge in [-0.1, -0.05) is 39.0 Å². The van der Waals surface area contributed by atoms with Crippen LogP contribution < -0.4 is 10.6 Å². The Hall–Kier alpha value is -2.14. The topological polar surface area (TPSA) is 58.2 Å². The number of hydrogen-bond donors (Lipinski definition) is 2. The Morgan fingerprint density at radius 2 is 1.78 bits per heavy atom. The molecule has 1 aromatic carbocycles. The summed E-state index contributed by atoms with van der Waals surface area (Å²) in [4.78, 5) is 25.0. The lowest BCUT2D eigenvalue weighted by Crippen LogP contribution is -2.27. The standard InChI is InChI=1S/C18H22N2O2S/c1-18(2,3)17(22)20-14-8-6-13(7-9-14)11-16(21)19-12-15-5-4-10-23-15/h4-10H,11-12H2,1-3H3,(H,19,21)(H,20,22). The molecule has 0 atom stereocenters. The predicted molar refractivity (Wildman–Crippen MR) is 94.4 cm³/mol. The van der Waals surface area contributed by atoms with Crippen LogP contribution in [0.5, 0.6) is 0 Å². The highest BCUT2D eigenvalue weighted by Gasteiger charge is 2.21. The minimum atomic E-state index is -0.430. The fraction of sp³-hybridized carbons (Fsp3) is 0.333. The molecule has 0 radical (unpaired) electrons. The van der Waals surface area contributed by atoms with Crippen molar-refractivity contribution in [3.05, 3.63) is 52.2 Å². The number of amides is 2. The molecule has 0 spiro atoms. The summed E-state index contributed by atoms with van der Waals surface area (Å²) in [5.41, 5.74) is 1.23. The van der Waals surface area contributed by atoms with Gasteiger partial charge in [0.2, 0.25) is 11.8 Å². The fourth-order valence-electron chi connectivity index (χ4n) is 1.87. The molecule has 1 aromatic heterocycles. The number of benzene rings is 1. The van der Waals surface area contributed by atoms with E-state index in [9.17, 15) is 9.59 Å². The second-order valence-electron chi connectivity index (χ2n) is 6.43. The Balaban J connectivity index is 1.84. The van der Waals surface area contributed by atoms with Crippen LogP contribution in [0.1, 0.15) is 31.2 Å². The second-order valence-corrected chi connectivity index (χ2v) is 7.47. The predicted octanol–water partition coefficient (Wildman–Crippen LogP) is 3.59. The van der Waals surface area contributed by atoms with Gasteiger partial charge in [0, 0.05) is 16.0 Å². The van der Waals surface area contributed by atoms with E-state index in [1.165, 1.54) is 0 Å². The van der Waals surface area contributed by atoms with E-state index >= 15 is 0 Å². The molecule has 2 rings (SSSR count). The monoisotopic (exact) mass is 330 g/mol. The summed E-state index contributed by atoms with van der Waals surface area (Å²) in [6, 6.07) is 11.3. The van der Waals surface area contributed by atoms with Gasteiger partial charge in [-0.3, -0.25) is 9.59 Å². The van der Waals surface area contributed by atoms with Gasteiger partial charge in [0.15, 0.2) is 0 Å². The quantitative estimate of drug-likeness (QED) is 0.880. The van der Waals surface area contributed by atoms with Crippen LogP contribution >= 0.6 is 11.3 Å². The van der Waals surface area contributed by atoms with E-state index in [0.717, 1.165) is 16.1 Å². The number of hydrogen-bond acceptors (Lipinski definition) is 3. The summed E-state index contributed by atoms with van der Waals surface area (Å²) in [5.74, 6) is -0.0381. The molecule has 2 aromatic rings. The minimum Gasteiger partial charge on any atom is -0.351 e. The summed E-state index contributed by atoms with van der Waals surface area (Å²) in [6.07, 6.45) is 0.332. The average molecular weight is 330 g/mol. The smallest absolute Gasteiger partial charge is 0.229 e. The maximum absolute atomic E-state index is 11.9. The van der Waals surface area contributed by atoms with Crippen molar-refractivity contribution in [3.63, 3.8) is 0 Å². The number of rotatable bonds is 5. The van der Waals surface area contributed by atoms with Gasteiger partial charge in [0.25, 0.3) is 0 Å². The lowest BCUT2D eigenvalue weighted by molar-refractivity contribution is -0.123. The Morgan fingerprint density at radius 3 is 2.35 bits per heavy atom. The Bertz CT molecular complexity index is 655. The van der Waals surface area contributed by atoms with E-state index in [1.54, 1.807) is 11.3 Å². The Morgan fingerprint density at radius 1 is 1.09 bits per heavy atom. The first-order valence-corrected chi connectivity index (χ1v) is 8.42. The number of carbonyl (C=O) groups excluding carboxylic acids is 2. The van der Waals surface area contributed by atoms with Gasteiger partial charge in [0.05, 0.1) is 13.0 Å². The van der Waals surface area contributed by atoms with Gasteiger partial charge in [0.1, 0.15) is 0 Å². The lowest BCUT2D eigenvalue weighted by Gasteiger charge is -2.17. The number of carbonyl (C=O) groups is 2. The zero-order chi connectivity index (χ0) is 16.9. The number of thiophene rings is 1. The van der Waals surface area contributed by atoms with Crippen LogP contribution in [0.25, 0.3) is 0 Å². The molecule has 5 heteroatoms. The third kappa shape index (κ3) is 5.53. The maximum atomic E-state index is 11.9. The second kappa shape index (κ2) is 7.42. The SMILES string of the molecule is CC(C)(C)C(=O)Nc1ccc(CC(=O)NCc2cccs2)cc1. The molecule has 0 unspecified atom stereocenters. The van der Waals surface area contributed by atoms with Crippen LogP contribution in [0.15, 0.2) is 41.8 Å². The van der Waals surface area contributed by atoms with Crippen molar-refractivity contribution >= 4 is 28.8 Å².